The lowest BCUT2D eigenvalue weighted by molar-refractivity contribution is 0.396. The van der Waals surface area contributed by atoms with Crippen molar-refractivity contribution in [1.29, 1.82) is 0 Å². The van der Waals surface area contributed by atoms with Crippen molar-refractivity contribution >= 4 is 18.3 Å². The highest BCUT2D eigenvalue weighted by Gasteiger charge is 2.19. The van der Waals surface area contributed by atoms with Crippen LogP contribution in [0.1, 0.15) is 31.7 Å². The third kappa shape index (κ3) is 3.78. The van der Waals surface area contributed by atoms with Gasteiger partial charge in [0.1, 0.15) is 5.69 Å². The normalized spacial score (nSPS) is 20.2. The highest BCUT2D eigenvalue weighted by atomic mass is 32.1. The molecule has 1 atom stereocenters. The van der Waals surface area contributed by atoms with Gasteiger partial charge in [0.25, 0.3) is 0 Å². The van der Waals surface area contributed by atoms with Crippen molar-refractivity contribution in [2.45, 2.75) is 32.6 Å². The van der Waals surface area contributed by atoms with Gasteiger partial charge in [-0.15, -0.1) is 0 Å². The summed E-state index contributed by atoms with van der Waals surface area (Å²) in [5.74, 6) is 2.34. The maximum Gasteiger partial charge on any atom is 0.237 e. The molecular formula is C15H24N2OS. The van der Waals surface area contributed by atoms with E-state index in [1.165, 1.54) is 24.8 Å². The Balaban J connectivity index is 2.26. The lowest BCUT2D eigenvalue weighted by atomic mass is 10.1. The monoisotopic (exact) mass is 280 g/mol. The number of anilines is 1. The van der Waals surface area contributed by atoms with E-state index in [-0.39, 0.29) is 0 Å². The van der Waals surface area contributed by atoms with Crippen molar-refractivity contribution in [3.05, 3.63) is 17.8 Å². The number of aryl methyl sites for hydroxylation is 1. The number of thiol groups is 1. The summed E-state index contributed by atoms with van der Waals surface area (Å²) in [5.41, 5.74) is 2.39. The van der Waals surface area contributed by atoms with Crippen molar-refractivity contribution < 1.29 is 4.74 Å². The van der Waals surface area contributed by atoms with Crippen LogP contribution in [-0.4, -0.2) is 30.9 Å². The molecule has 19 heavy (non-hydrogen) atoms. The van der Waals surface area contributed by atoms with E-state index in [0.717, 1.165) is 42.7 Å². The third-order valence-corrected chi connectivity index (χ3v) is 3.95. The summed E-state index contributed by atoms with van der Waals surface area (Å²) in [7, 11) is 1.70. The van der Waals surface area contributed by atoms with Crippen LogP contribution in [-0.2, 0) is 6.42 Å². The quantitative estimate of drug-likeness (QED) is 0.858. The Bertz CT molecular complexity index is 411. The summed E-state index contributed by atoms with van der Waals surface area (Å²) in [5, 5.41) is 0. The number of hydrogen-bond acceptors (Lipinski definition) is 4. The Morgan fingerprint density at radius 2 is 2.32 bits per heavy atom. The average molecular weight is 280 g/mol. The van der Waals surface area contributed by atoms with Gasteiger partial charge in [-0.3, -0.25) is 0 Å². The van der Waals surface area contributed by atoms with Crippen molar-refractivity contribution in [1.82, 2.24) is 4.98 Å². The van der Waals surface area contributed by atoms with Gasteiger partial charge in [-0.2, -0.15) is 12.6 Å². The Hall–Kier alpha value is -0.900. The first kappa shape index (κ1) is 14.5. The zero-order valence-corrected chi connectivity index (χ0v) is 12.8. The molecule has 4 heteroatoms. The molecule has 3 nitrogen and oxygen atoms in total. The van der Waals surface area contributed by atoms with E-state index in [0.29, 0.717) is 0 Å². The van der Waals surface area contributed by atoms with E-state index < -0.39 is 0 Å². The van der Waals surface area contributed by atoms with Gasteiger partial charge >= 0.3 is 0 Å². The first-order valence-corrected chi connectivity index (χ1v) is 7.76. The second-order valence-electron chi connectivity index (χ2n) is 5.39. The highest BCUT2D eigenvalue weighted by Crippen LogP contribution is 2.30. The molecule has 1 aromatic heterocycles. The van der Waals surface area contributed by atoms with Crippen molar-refractivity contribution in [2.75, 3.05) is 30.9 Å². The predicted molar refractivity (Wildman–Crippen MR) is 83.6 cm³/mol. The zero-order valence-electron chi connectivity index (χ0n) is 11.9. The van der Waals surface area contributed by atoms with E-state index in [1.54, 1.807) is 7.11 Å². The molecule has 1 aliphatic heterocycles. The van der Waals surface area contributed by atoms with E-state index in [1.807, 2.05) is 6.20 Å². The number of rotatable bonds is 4. The van der Waals surface area contributed by atoms with Crippen LogP contribution >= 0.6 is 12.6 Å². The van der Waals surface area contributed by atoms with Crippen molar-refractivity contribution in [3.8, 4) is 5.88 Å². The lowest BCUT2D eigenvalue weighted by Gasteiger charge is -2.26. The summed E-state index contributed by atoms with van der Waals surface area (Å²) >= 11 is 4.30. The predicted octanol–water partition coefficient (Wildman–Crippen LogP) is 3.19. The zero-order chi connectivity index (χ0) is 13.7. The fraction of sp³-hybridized carbons (Fsp3) is 0.667. The fourth-order valence-electron chi connectivity index (χ4n) is 2.70. The average Bonchev–Trinajstić information content (AvgIpc) is 2.64. The number of nitrogens with zero attached hydrogens (tertiary/aromatic N) is 2. The van der Waals surface area contributed by atoms with E-state index in [2.05, 4.69) is 35.5 Å². The van der Waals surface area contributed by atoms with Gasteiger partial charge in [-0.05, 0) is 42.6 Å². The summed E-state index contributed by atoms with van der Waals surface area (Å²) in [6, 6.07) is 2.22. The van der Waals surface area contributed by atoms with Gasteiger partial charge in [0.15, 0.2) is 0 Å². The summed E-state index contributed by atoms with van der Waals surface area (Å²) in [4.78, 5) is 6.88. The molecule has 0 spiro atoms. The number of aromatic nitrogens is 1. The molecule has 1 fully saturated rings. The van der Waals surface area contributed by atoms with E-state index >= 15 is 0 Å². The van der Waals surface area contributed by atoms with E-state index in [4.69, 9.17) is 4.74 Å². The molecule has 106 valence electrons. The molecule has 0 aromatic carbocycles. The van der Waals surface area contributed by atoms with Gasteiger partial charge in [-0.25, -0.2) is 4.98 Å². The largest absolute Gasteiger partial charge is 0.480 e. The first-order chi connectivity index (χ1) is 9.24. The molecule has 0 N–H and O–H groups in total. The maximum absolute atomic E-state index is 5.44. The summed E-state index contributed by atoms with van der Waals surface area (Å²) in [6.07, 6.45) is 6.76. The molecule has 2 rings (SSSR count). The van der Waals surface area contributed by atoms with Crippen LogP contribution in [0.15, 0.2) is 12.3 Å². The molecule has 1 aromatic rings. The first-order valence-electron chi connectivity index (χ1n) is 7.13. The maximum atomic E-state index is 5.44. The fourth-order valence-corrected chi connectivity index (χ4v) is 2.96. The van der Waals surface area contributed by atoms with Crippen LogP contribution in [0.4, 0.5) is 5.69 Å². The van der Waals surface area contributed by atoms with Crippen LogP contribution < -0.4 is 9.64 Å². The SMILES string of the molecule is COc1ncc(CCS)cc1N1CCCCC(C)C1. The lowest BCUT2D eigenvalue weighted by Crippen LogP contribution is -2.28. The molecular weight excluding hydrogens is 256 g/mol. The van der Waals surface area contributed by atoms with E-state index in [9.17, 15) is 0 Å². The van der Waals surface area contributed by atoms with Gasteiger partial charge in [-0.1, -0.05) is 13.3 Å². The topological polar surface area (TPSA) is 25.4 Å². The molecule has 1 aliphatic rings. The second kappa shape index (κ2) is 7.04. The summed E-state index contributed by atoms with van der Waals surface area (Å²) < 4.78 is 5.44. The molecule has 0 amide bonds. The number of pyridine rings is 1. The van der Waals surface area contributed by atoms with Gasteiger partial charge < -0.3 is 9.64 Å². The van der Waals surface area contributed by atoms with Crippen molar-refractivity contribution in [2.24, 2.45) is 5.92 Å². The minimum absolute atomic E-state index is 0.737. The molecule has 1 saturated heterocycles. The Labute approximate surface area is 121 Å². The third-order valence-electron chi connectivity index (χ3n) is 3.73. The Morgan fingerprint density at radius 3 is 3.05 bits per heavy atom. The number of ether oxygens (including phenoxy) is 1. The second-order valence-corrected chi connectivity index (χ2v) is 5.84. The molecule has 0 radical (unpaired) electrons. The summed E-state index contributed by atoms with van der Waals surface area (Å²) in [6.45, 7) is 4.53. The standard InChI is InChI=1S/C15H24N2OS/c1-12-5-3-4-7-17(11-12)14-9-13(6-8-19)10-16-15(14)18-2/h9-10,12,19H,3-8,11H2,1-2H3. The van der Waals surface area contributed by atoms with Crippen LogP contribution in [0.3, 0.4) is 0 Å². The van der Waals surface area contributed by atoms with Crippen LogP contribution in [0.25, 0.3) is 0 Å². The molecule has 0 bridgehead atoms. The van der Waals surface area contributed by atoms with Crippen LogP contribution in [0.2, 0.25) is 0 Å². The van der Waals surface area contributed by atoms with Crippen molar-refractivity contribution in [3.63, 3.8) is 0 Å². The van der Waals surface area contributed by atoms with Crippen LogP contribution in [0, 0.1) is 5.92 Å². The number of methoxy groups -OCH3 is 1. The molecule has 1 unspecified atom stereocenters. The minimum atomic E-state index is 0.737. The van der Waals surface area contributed by atoms with Gasteiger partial charge in [0.05, 0.1) is 7.11 Å². The Morgan fingerprint density at radius 1 is 1.47 bits per heavy atom. The smallest absolute Gasteiger partial charge is 0.237 e. The molecule has 2 heterocycles. The van der Waals surface area contributed by atoms with Crippen LogP contribution in [0.5, 0.6) is 5.88 Å². The molecule has 0 saturated carbocycles. The minimum Gasteiger partial charge on any atom is -0.480 e. The number of hydrogen-bond donors (Lipinski definition) is 1. The Kier molecular flexibility index (Phi) is 5.37. The van der Waals surface area contributed by atoms with Gasteiger partial charge in [0, 0.05) is 19.3 Å². The van der Waals surface area contributed by atoms with Gasteiger partial charge in [0.2, 0.25) is 5.88 Å². The highest BCUT2D eigenvalue weighted by molar-refractivity contribution is 7.80. The molecule has 0 aliphatic carbocycles.